The number of nitrogens with zero attached hydrogens (tertiary/aromatic N) is 3. The van der Waals surface area contributed by atoms with Crippen LogP contribution in [0.3, 0.4) is 0 Å². The molecule has 0 spiro atoms. The molecule has 0 amide bonds. The van der Waals surface area contributed by atoms with E-state index in [2.05, 4.69) is 155 Å². The van der Waals surface area contributed by atoms with E-state index in [-0.39, 0.29) is 0 Å². The first kappa shape index (κ1) is 29.4. The number of pyridine rings is 1. The van der Waals surface area contributed by atoms with E-state index in [1.165, 1.54) is 0 Å². The second-order valence-electron chi connectivity index (χ2n) is 12.2. The first-order valence-corrected chi connectivity index (χ1v) is 16.7. The van der Waals surface area contributed by atoms with Crippen LogP contribution in [-0.2, 0) is 0 Å². The Bertz CT molecular complexity index is 2540. The van der Waals surface area contributed by atoms with E-state index in [4.69, 9.17) is 9.40 Å². The molecule has 7 aromatic carbocycles. The van der Waals surface area contributed by atoms with Crippen LogP contribution in [0.15, 0.2) is 193 Å². The minimum Gasteiger partial charge on any atom is -0.436 e. The highest BCUT2D eigenvalue weighted by Gasteiger charge is 2.20. The fourth-order valence-corrected chi connectivity index (χ4v) is 6.85. The Kier molecular flexibility index (Phi) is 7.45. The maximum absolute atomic E-state index is 6.65. The Balaban J connectivity index is 1.30. The summed E-state index contributed by atoms with van der Waals surface area (Å²) in [4.78, 5) is 12.2. The fourth-order valence-electron chi connectivity index (χ4n) is 6.85. The number of anilines is 3. The van der Waals surface area contributed by atoms with Crippen LogP contribution in [0.2, 0.25) is 0 Å². The predicted molar refractivity (Wildman–Crippen MR) is 206 cm³/mol. The second-order valence-corrected chi connectivity index (χ2v) is 12.2. The van der Waals surface area contributed by atoms with E-state index < -0.39 is 0 Å². The van der Waals surface area contributed by atoms with Crippen LogP contribution in [-0.4, -0.2) is 9.97 Å². The monoisotopic (exact) mass is 641 g/mol. The van der Waals surface area contributed by atoms with Crippen LogP contribution in [0.4, 0.5) is 17.1 Å². The van der Waals surface area contributed by atoms with Crippen molar-refractivity contribution < 1.29 is 4.42 Å². The van der Waals surface area contributed by atoms with Crippen LogP contribution in [0.5, 0.6) is 0 Å². The fraction of sp³-hybridized carbons (Fsp3) is 0. The Labute approximate surface area is 290 Å². The lowest BCUT2D eigenvalue weighted by Crippen LogP contribution is -2.10. The van der Waals surface area contributed by atoms with Gasteiger partial charge in [-0.3, -0.25) is 4.98 Å². The summed E-state index contributed by atoms with van der Waals surface area (Å²) in [6.45, 7) is 0. The topological polar surface area (TPSA) is 42.2 Å². The molecule has 236 valence electrons. The molecular formula is C46H31N3O. The molecule has 0 radical (unpaired) electrons. The molecule has 0 saturated carbocycles. The first-order valence-electron chi connectivity index (χ1n) is 16.7. The number of aromatic nitrogens is 2. The van der Waals surface area contributed by atoms with Crippen molar-refractivity contribution in [2.75, 3.05) is 4.90 Å². The Morgan fingerprint density at radius 1 is 0.440 bits per heavy atom. The maximum Gasteiger partial charge on any atom is 0.227 e. The summed E-state index contributed by atoms with van der Waals surface area (Å²) in [6, 6.07) is 63.1. The van der Waals surface area contributed by atoms with E-state index in [9.17, 15) is 0 Å². The van der Waals surface area contributed by atoms with Crippen molar-refractivity contribution in [3.63, 3.8) is 0 Å². The van der Waals surface area contributed by atoms with Crippen molar-refractivity contribution in [2.45, 2.75) is 0 Å². The van der Waals surface area contributed by atoms with Gasteiger partial charge in [0.2, 0.25) is 5.89 Å². The van der Waals surface area contributed by atoms with Crippen LogP contribution >= 0.6 is 0 Å². The Morgan fingerprint density at radius 2 is 1.06 bits per heavy atom. The van der Waals surface area contributed by atoms with Gasteiger partial charge in [0.15, 0.2) is 5.58 Å². The number of hydrogen-bond acceptors (Lipinski definition) is 4. The predicted octanol–water partition coefficient (Wildman–Crippen LogP) is 12.5. The van der Waals surface area contributed by atoms with Gasteiger partial charge < -0.3 is 9.32 Å². The summed E-state index contributed by atoms with van der Waals surface area (Å²) in [6.07, 6.45) is 1.83. The lowest BCUT2D eigenvalue weighted by molar-refractivity contribution is 0.620. The highest BCUT2D eigenvalue weighted by molar-refractivity contribution is 6.11. The molecule has 2 aromatic heterocycles. The molecule has 9 aromatic rings. The minimum absolute atomic E-state index is 0.560. The van der Waals surface area contributed by atoms with Crippen LogP contribution < -0.4 is 4.90 Å². The smallest absolute Gasteiger partial charge is 0.227 e. The van der Waals surface area contributed by atoms with Crippen LogP contribution in [0.1, 0.15) is 0 Å². The number of para-hydroxylation sites is 2. The molecule has 4 nitrogen and oxygen atoms in total. The molecular weight excluding hydrogens is 611 g/mol. The number of oxazole rings is 1. The van der Waals surface area contributed by atoms with Crippen LogP contribution in [0, 0.1) is 0 Å². The maximum atomic E-state index is 6.65. The summed E-state index contributed by atoms with van der Waals surface area (Å²) in [5.74, 6) is 0.560. The molecule has 2 heterocycles. The summed E-state index contributed by atoms with van der Waals surface area (Å²) >= 11 is 0. The summed E-state index contributed by atoms with van der Waals surface area (Å²) in [7, 11) is 0. The molecule has 0 N–H and O–H groups in total. The van der Waals surface area contributed by atoms with Gasteiger partial charge in [-0.2, -0.15) is 0 Å². The van der Waals surface area contributed by atoms with E-state index >= 15 is 0 Å². The quantitative estimate of drug-likeness (QED) is 0.174. The SMILES string of the molecule is c1ccc(-c2ccccc2-c2cc(-c3nc4c(ccc5cccc(-c6ccccn6)c54)o3)cc(N(c3ccccc3)c3ccccc3)c2)cc1. The third kappa shape index (κ3) is 5.39. The van der Waals surface area contributed by atoms with Crippen molar-refractivity contribution in [1.29, 1.82) is 0 Å². The van der Waals surface area contributed by atoms with E-state index in [0.29, 0.717) is 5.89 Å². The van der Waals surface area contributed by atoms with Gasteiger partial charge in [-0.15, -0.1) is 0 Å². The molecule has 0 aliphatic carbocycles. The van der Waals surface area contributed by atoms with Gasteiger partial charge >= 0.3 is 0 Å². The Morgan fingerprint density at radius 3 is 1.76 bits per heavy atom. The lowest BCUT2D eigenvalue weighted by Gasteiger charge is -2.26. The second kappa shape index (κ2) is 12.7. The van der Waals surface area contributed by atoms with Gasteiger partial charge in [0.05, 0.1) is 5.69 Å². The number of benzene rings is 7. The van der Waals surface area contributed by atoms with E-state index in [0.717, 1.165) is 78.0 Å². The van der Waals surface area contributed by atoms with Crippen molar-refractivity contribution in [3.8, 4) is 45.0 Å². The average molecular weight is 642 g/mol. The van der Waals surface area contributed by atoms with E-state index in [1.54, 1.807) is 0 Å². The number of fused-ring (bicyclic) bond motifs is 3. The normalized spacial score (nSPS) is 11.2. The van der Waals surface area contributed by atoms with Gasteiger partial charge in [-0.1, -0.05) is 121 Å². The largest absolute Gasteiger partial charge is 0.436 e. The highest BCUT2D eigenvalue weighted by Crippen LogP contribution is 2.42. The molecule has 0 atom stereocenters. The molecule has 9 rings (SSSR count). The molecule has 0 aliphatic rings. The van der Waals surface area contributed by atoms with Crippen molar-refractivity contribution in [2.24, 2.45) is 0 Å². The van der Waals surface area contributed by atoms with Gasteiger partial charge in [0.1, 0.15) is 5.52 Å². The van der Waals surface area contributed by atoms with Crippen molar-refractivity contribution >= 4 is 38.9 Å². The van der Waals surface area contributed by atoms with Gasteiger partial charge in [-0.25, -0.2) is 4.98 Å². The highest BCUT2D eigenvalue weighted by atomic mass is 16.3. The lowest BCUT2D eigenvalue weighted by atomic mass is 9.93. The molecule has 0 saturated heterocycles. The van der Waals surface area contributed by atoms with E-state index in [1.807, 2.05) is 42.6 Å². The summed E-state index contributed by atoms with van der Waals surface area (Å²) in [5, 5.41) is 2.12. The molecule has 4 heteroatoms. The molecule has 0 fully saturated rings. The summed E-state index contributed by atoms with van der Waals surface area (Å²) in [5.41, 5.74) is 12.0. The first-order chi connectivity index (χ1) is 24.8. The van der Waals surface area contributed by atoms with Gasteiger partial charge in [0, 0.05) is 39.8 Å². The van der Waals surface area contributed by atoms with Crippen molar-refractivity contribution in [3.05, 3.63) is 188 Å². The summed E-state index contributed by atoms with van der Waals surface area (Å²) < 4.78 is 6.65. The standard InChI is InChI=1S/C46H31N3O/c1-4-15-32(16-5-1)39-22-10-11-23-40(39)34-29-35(31-38(30-34)49(36-18-6-2-7-19-36)37-20-8-3-9-21-37)46-48-45-43(50-46)27-26-33-17-14-24-41(44(33)45)42-25-12-13-28-47-42/h1-31H. The molecule has 50 heavy (non-hydrogen) atoms. The zero-order valence-electron chi connectivity index (χ0n) is 27.1. The Hall–Kier alpha value is -6.78. The van der Waals surface area contributed by atoms with Crippen LogP contribution in [0.25, 0.3) is 66.8 Å². The van der Waals surface area contributed by atoms with Gasteiger partial charge in [0.25, 0.3) is 0 Å². The number of rotatable bonds is 7. The van der Waals surface area contributed by atoms with Gasteiger partial charge in [-0.05, 0) is 88.3 Å². The average Bonchev–Trinajstić information content (AvgIpc) is 3.64. The molecule has 0 unspecified atom stereocenters. The molecule has 0 bridgehead atoms. The number of hydrogen-bond donors (Lipinski definition) is 0. The zero-order chi connectivity index (χ0) is 33.3. The third-order valence-corrected chi connectivity index (χ3v) is 9.12. The molecule has 0 aliphatic heterocycles. The third-order valence-electron chi connectivity index (χ3n) is 9.12. The minimum atomic E-state index is 0.560. The van der Waals surface area contributed by atoms with Crippen molar-refractivity contribution in [1.82, 2.24) is 9.97 Å². The zero-order valence-corrected chi connectivity index (χ0v) is 27.1.